The smallest absolute Gasteiger partial charge is 0.257 e. The van der Waals surface area contributed by atoms with Gasteiger partial charge in [0.1, 0.15) is 0 Å². The van der Waals surface area contributed by atoms with Crippen LogP contribution < -0.4 is 0 Å². The number of carbonyl (C=O) groups excluding carboxylic acids is 1. The molecule has 0 aliphatic carbocycles. The van der Waals surface area contributed by atoms with E-state index in [1.54, 1.807) is 36.0 Å². The van der Waals surface area contributed by atoms with E-state index in [2.05, 4.69) is 40.5 Å². The topological polar surface area (TPSA) is 83.0 Å². The Morgan fingerprint density at radius 2 is 1.96 bits per heavy atom. The van der Waals surface area contributed by atoms with Gasteiger partial charge in [-0.2, -0.15) is 10.2 Å². The minimum absolute atomic E-state index is 0.0751. The highest BCUT2D eigenvalue weighted by Crippen LogP contribution is 2.29. The van der Waals surface area contributed by atoms with Gasteiger partial charge >= 0.3 is 0 Å². The normalized spacial score (nSPS) is 16.4. The lowest BCUT2D eigenvalue weighted by Gasteiger charge is -2.16. The number of rotatable bonds is 5. The summed E-state index contributed by atoms with van der Waals surface area (Å²) in [6.07, 6.45) is 2.43. The fraction of sp³-hybridized carbons (Fsp3) is 0.238. The highest BCUT2D eigenvalue weighted by Gasteiger charge is 2.33. The number of nitriles is 1. The van der Waals surface area contributed by atoms with Crippen molar-refractivity contribution in [1.82, 2.24) is 15.0 Å². The second-order valence-electron chi connectivity index (χ2n) is 6.67. The Kier molecular flexibility index (Phi) is 5.13. The van der Waals surface area contributed by atoms with Crippen LogP contribution in [0.4, 0.5) is 0 Å². The van der Waals surface area contributed by atoms with E-state index < -0.39 is 0 Å². The molecular weight excluding hydrogens is 372 g/mol. The van der Waals surface area contributed by atoms with Crippen LogP contribution in [0.3, 0.4) is 0 Å². The quantitative estimate of drug-likeness (QED) is 0.616. The van der Waals surface area contributed by atoms with Crippen molar-refractivity contribution in [2.75, 3.05) is 12.8 Å². The molecule has 2 heterocycles. The van der Waals surface area contributed by atoms with Gasteiger partial charge in [0.05, 0.1) is 11.6 Å². The Hall–Kier alpha value is -3.11. The van der Waals surface area contributed by atoms with Crippen LogP contribution in [0.5, 0.6) is 0 Å². The average molecular weight is 390 g/mol. The van der Waals surface area contributed by atoms with E-state index in [4.69, 9.17) is 9.78 Å². The first-order chi connectivity index (χ1) is 13.7. The molecule has 0 radical (unpaired) electrons. The summed E-state index contributed by atoms with van der Waals surface area (Å²) in [5.74, 6) is 0.975. The van der Waals surface area contributed by atoms with E-state index >= 15 is 0 Å². The van der Waals surface area contributed by atoms with Crippen LogP contribution in [-0.4, -0.2) is 33.7 Å². The minimum atomic E-state index is -0.0751. The maximum atomic E-state index is 12.4. The van der Waals surface area contributed by atoms with E-state index in [0.29, 0.717) is 36.8 Å². The Labute approximate surface area is 167 Å². The molecule has 28 heavy (non-hydrogen) atoms. The van der Waals surface area contributed by atoms with Crippen molar-refractivity contribution in [2.24, 2.45) is 0 Å². The minimum Gasteiger partial charge on any atom is -0.338 e. The standard InChI is InChI=1S/C21H18N4O2S/c1-28-18-8-4-15(5-9-18)12-25-13-17(10-19(25)26)20-23-21(27-24-20)16-6-2-14(11-22)3-7-16/h2-9,17H,10,12-13H2,1H3. The van der Waals surface area contributed by atoms with Crippen LogP contribution in [0.15, 0.2) is 57.9 Å². The third kappa shape index (κ3) is 3.78. The Morgan fingerprint density at radius 3 is 2.64 bits per heavy atom. The van der Waals surface area contributed by atoms with Gasteiger partial charge < -0.3 is 9.42 Å². The van der Waals surface area contributed by atoms with Crippen LogP contribution in [0.1, 0.15) is 29.3 Å². The number of aromatic nitrogens is 2. The predicted molar refractivity (Wildman–Crippen MR) is 105 cm³/mol. The van der Waals surface area contributed by atoms with Crippen LogP contribution in [0.2, 0.25) is 0 Å². The molecule has 0 bridgehead atoms. The lowest BCUT2D eigenvalue weighted by molar-refractivity contribution is -0.128. The number of likely N-dealkylation sites (tertiary alicyclic amines) is 1. The third-order valence-corrected chi connectivity index (χ3v) is 5.56. The van der Waals surface area contributed by atoms with Crippen molar-refractivity contribution in [3.8, 4) is 17.5 Å². The summed E-state index contributed by atoms with van der Waals surface area (Å²) >= 11 is 1.70. The molecule has 1 aliphatic heterocycles. The molecule has 1 aliphatic rings. The van der Waals surface area contributed by atoms with Crippen molar-refractivity contribution in [1.29, 1.82) is 5.26 Å². The zero-order chi connectivity index (χ0) is 19.5. The molecule has 0 spiro atoms. The highest BCUT2D eigenvalue weighted by atomic mass is 32.2. The fourth-order valence-electron chi connectivity index (χ4n) is 3.25. The number of amides is 1. The molecule has 1 atom stereocenters. The first kappa shape index (κ1) is 18.3. The molecule has 0 N–H and O–H groups in total. The maximum absolute atomic E-state index is 12.4. The molecule has 1 aromatic heterocycles. The summed E-state index contributed by atoms with van der Waals surface area (Å²) in [5, 5.41) is 13.0. The predicted octanol–water partition coefficient (Wildman–Crippen LogP) is 3.85. The monoisotopic (exact) mass is 390 g/mol. The van der Waals surface area contributed by atoms with E-state index in [0.717, 1.165) is 11.1 Å². The number of hydrogen-bond donors (Lipinski definition) is 0. The van der Waals surface area contributed by atoms with Crippen molar-refractivity contribution < 1.29 is 9.32 Å². The number of thioether (sulfide) groups is 1. The molecule has 0 saturated carbocycles. The van der Waals surface area contributed by atoms with Gasteiger partial charge in [-0.25, -0.2) is 0 Å². The lowest BCUT2D eigenvalue weighted by Crippen LogP contribution is -2.24. The fourth-order valence-corrected chi connectivity index (χ4v) is 3.66. The van der Waals surface area contributed by atoms with Crippen molar-refractivity contribution >= 4 is 17.7 Å². The molecule has 1 saturated heterocycles. The highest BCUT2D eigenvalue weighted by molar-refractivity contribution is 7.98. The molecule has 6 nitrogen and oxygen atoms in total. The summed E-state index contributed by atoms with van der Waals surface area (Å²) < 4.78 is 5.37. The summed E-state index contributed by atoms with van der Waals surface area (Å²) in [6, 6.07) is 17.3. The van der Waals surface area contributed by atoms with Crippen LogP contribution in [0, 0.1) is 11.3 Å². The van der Waals surface area contributed by atoms with E-state index in [-0.39, 0.29) is 11.8 Å². The van der Waals surface area contributed by atoms with Crippen molar-refractivity contribution in [3.63, 3.8) is 0 Å². The van der Waals surface area contributed by atoms with E-state index in [1.165, 1.54) is 4.90 Å². The first-order valence-corrected chi connectivity index (χ1v) is 10.1. The van der Waals surface area contributed by atoms with Crippen molar-refractivity contribution in [2.45, 2.75) is 23.8 Å². The third-order valence-electron chi connectivity index (χ3n) is 4.81. The molecule has 1 fully saturated rings. The van der Waals surface area contributed by atoms with Gasteiger partial charge in [0.2, 0.25) is 5.91 Å². The van der Waals surface area contributed by atoms with E-state index in [9.17, 15) is 4.79 Å². The number of hydrogen-bond acceptors (Lipinski definition) is 6. The molecule has 1 unspecified atom stereocenters. The largest absolute Gasteiger partial charge is 0.338 e. The molecule has 3 aromatic rings. The number of nitrogens with zero attached hydrogens (tertiary/aromatic N) is 4. The first-order valence-electron chi connectivity index (χ1n) is 8.91. The second-order valence-corrected chi connectivity index (χ2v) is 7.55. The average Bonchev–Trinajstić information content (AvgIpc) is 3.36. The second kappa shape index (κ2) is 7.87. The molecule has 1 amide bonds. The lowest BCUT2D eigenvalue weighted by atomic mass is 10.1. The molecule has 2 aromatic carbocycles. The zero-order valence-electron chi connectivity index (χ0n) is 15.3. The number of benzene rings is 2. The Balaban J connectivity index is 1.44. The van der Waals surface area contributed by atoms with Crippen LogP contribution in [-0.2, 0) is 11.3 Å². The SMILES string of the molecule is CSc1ccc(CN2CC(c3noc(-c4ccc(C#N)cc4)n3)CC2=O)cc1. The molecule has 4 rings (SSSR count). The molecule has 140 valence electrons. The Morgan fingerprint density at radius 1 is 1.21 bits per heavy atom. The van der Waals surface area contributed by atoms with E-state index in [1.807, 2.05) is 11.2 Å². The summed E-state index contributed by atoms with van der Waals surface area (Å²) in [7, 11) is 0. The zero-order valence-corrected chi connectivity index (χ0v) is 16.1. The van der Waals surface area contributed by atoms with Gasteiger partial charge in [0.25, 0.3) is 5.89 Å². The molecule has 7 heteroatoms. The van der Waals surface area contributed by atoms with Crippen molar-refractivity contribution in [3.05, 3.63) is 65.5 Å². The van der Waals surface area contributed by atoms with Gasteiger partial charge in [-0.05, 0) is 48.2 Å². The van der Waals surface area contributed by atoms with Gasteiger partial charge in [-0.3, -0.25) is 4.79 Å². The summed E-state index contributed by atoms with van der Waals surface area (Å²) in [6.45, 7) is 1.17. The summed E-state index contributed by atoms with van der Waals surface area (Å²) in [5.41, 5.74) is 2.44. The van der Waals surface area contributed by atoms with Gasteiger partial charge in [-0.15, -0.1) is 11.8 Å². The maximum Gasteiger partial charge on any atom is 0.257 e. The molecular formula is C21H18N4O2S. The van der Waals surface area contributed by atoms with Gasteiger partial charge in [0.15, 0.2) is 5.82 Å². The van der Waals surface area contributed by atoms with Crippen LogP contribution in [0.25, 0.3) is 11.5 Å². The Bertz CT molecular complexity index is 1020. The van der Waals surface area contributed by atoms with Gasteiger partial charge in [0, 0.05) is 35.9 Å². The number of carbonyl (C=O) groups is 1. The summed E-state index contributed by atoms with van der Waals surface area (Å²) in [4.78, 5) is 20.0. The van der Waals surface area contributed by atoms with Gasteiger partial charge in [-0.1, -0.05) is 17.3 Å². The van der Waals surface area contributed by atoms with Crippen LogP contribution >= 0.6 is 11.8 Å².